The molecule has 0 bridgehead atoms. The lowest BCUT2D eigenvalue weighted by molar-refractivity contribution is -0.393. The van der Waals surface area contributed by atoms with E-state index < -0.39 is 38.5 Å². The number of hydrogen-bond acceptors (Lipinski definition) is 6. The number of halogens is 3. The van der Waals surface area contributed by atoms with Crippen molar-refractivity contribution < 1.29 is 27.8 Å². The first-order valence-electron chi connectivity index (χ1n) is 7.80. The predicted molar refractivity (Wildman–Crippen MR) is 90.3 cm³/mol. The van der Waals surface area contributed by atoms with Crippen LogP contribution in [0.25, 0.3) is 11.1 Å². The fraction of sp³-hybridized carbons (Fsp3) is 0.188. The van der Waals surface area contributed by atoms with Crippen LogP contribution in [0.1, 0.15) is 12.0 Å². The number of alkyl halides is 3. The topological polar surface area (TPSA) is 119 Å². The van der Waals surface area contributed by atoms with Crippen LogP contribution in [0.5, 0.6) is 0 Å². The molecule has 1 aliphatic rings. The van der Waals surface area contributed by atoms with E-state index in [9.17, 15) is 38.2 Å². The van der Waals surface area contributed by atoms with E-state index in [4.69, 9.17) is 0 Å². The quantitative estimate of drug-likeness (QED) is 0.625. The molecule has 0 unspecified atom stereocenters. The van der Waals surface area contributed by atoms with Gasteiger partial charge < -0.3 is 0 Å². The second-order valence-electron chi connectivity index (χ2n) is 5.86. The van der Waals surface area contributed by atoms with Crippen LogP contribution in [0.2, 0.25) is 0 Å². The van der Waals surface area contributed by atoms with Gasteiger partial charge >= 0.3 is 6.18 Å². The van der Waals surface area contributed by atoms with Gasteiger partial charge in [-0.2, -0.15) is 13.2 Å². The molecule has 0 spiro atoms. The number of rotatable bonds is 4. The first-order valence-corrected chi connectivity index (χ1v) is 7.80. The number of carbonyl (C=O) groups excluding carboxylic acids is 1. The fourth-order valence-corrected chi connectivity index (χ4v) is 2.92. The second kappa shape index (κ2) is 6.79. The van der Waals surface area contributed by atoms with Crippen molar-refractivity contribution in [1.29, 1.82) is 0 Å². The molecule has 3 rings (SSSR count). The Morgan fingerprint density at radius 3 is 2.07 bits per heavy atom. The van der Waals surface area contributed by atoms with E-state index in [0.717, 1.165) is 0 Å². The fourth-order valence-electron chi connectivity index (χ4n) is 2.92. The number of nitrogens with zero attached hydrogens (tertiary/aromatic N) is 3. The summed E-state index contributed by atoms with van der Waals surface area (Å²) >= 11 is 0. The summed E-state index contributed by atoms with van der Waals surface area (Å²) in [6, 6.07) is 6.25. The number of nitrogens with one attached hydrogen (secondary N) is 1. The van der Waals surface area contributed by atoms with Crippen molar-refractivity contribution in [2.24, 2.45) is 0 Å². The number of nitro groups is 2. The zero-order valence-electron chi connectivity index (χ0n) is 13.9. The minimum absolute atomic E-state index is 0.0446. The van der Waals surface area contributed by atoms with Gasteiger partial charge in [-0.25, -0.2) is 0 Å². The molecule has 2 aromatic carbocycles. The number of hydrazine groups is 1. The van der Waals surface area contributed by atoms with Crippen molar-refractivity contribution in [3.05, 3.63) is 62.2 Å². The zero-order valence-corrected chi connectivity index (χ0v) is 13.9. The minimum atomic E-state index is -5.00. The number of amides is 1. The zero-order chi connectivity index (χ0) is 20.6. The summed E-state index contributed by atoms with van der Waals surface area (Å²) in [5.74, 6) is -0.328. The summed E-state index contributed by atoms with van der Waals surface area (Å²) in [4.78, 5) is 32.2. The van der Waals surface area contributed by atoms with E-state index in [0.29, 0.717) is 0 Å². The SMILES string of the molecule is O=C1CCN(c2ccccc2-c2c([N+](=O)[O-])cc(C(F)(F)F)cc2[N+](=O)[O-])N1. The normalized spacial score (nSPS) is 14.1. The Bertz CT molecular complexity index is 957. The monoisotopic (exact) mass is 396 g/mol. The maximum absolute atomic E-state index is 13.1. The molecular weight excluding hydrogens is 385 g/mol. The number of anilines is 1. The van der Waals surface area contributed by atoms with Crippen molar-refractivity contribution in [2.75, 3.05) is 11.6 Å². The summed E-state index contributed by atoms with van der Waals surface area (Å²) in [5.41, 5.74) is -1.54. The van der Waals surface area contributed by atoms with E-state index in [2.05, 4.69) is 5.43 Å². The van der Waals surface area contributed by atoms with Gasteiger partial charge in [0.15, 0.2) is 0 Å². The highest BCUT2D eigenvalue weighted by molar-refractivity contribution is 5.92. The largest absolute Gasteiger partial charge is 0.416 e. The van der Waals surface area contributed by atoms with Crippen molar-refractivity contribution in [2.45, 2.75) is 12.6 Å². The summed E-state index contributed by atoms with van der Waals surface area (Å²) in [5, 5.41) is 24.3. The van der Waals surface area contributed by atoms with E-state index in [1.165, 1.54) is 29.3 Å². The average Bonchev–Trinajstić information content (AvgIpc) is 3.06. The number of hydrogen-bond donors (Lipinski definition) is 1. The molecule has 0 saturated carbocycles. The molecule has 1 fully saturated rings. The Labute approximate surface area is 154 Å². The Balaban J connectivity index is 2.32. The Morgan fingerprint density at radius 1 is 1.04 bits per heavy atom. The second-order valence-corrected chi connectivity index (χ2v) is 5.86. The van der Waals surface area contributed by atoms with Crippen LogP contribution in [0.15, 0.2) is 36.4 Å². The van der Waals surface area contributed by atoms with Gasteiger partial charge in [0.25, 0.3) is 11.4 Å². The van der Waals surface area contributed by atoms with Gasteiger partial charge in [0.2, 0.25) is 5.91 Å². The van der Waals surface area contributed by atoms with E-state index in [1.807, 2.05) is 0 Å². The smallest absolute Gasteiger partial charge is 0.284 e. The third-order valence-corrected chi connectivity index (χ3v) is 4.10. The summed E-state index contributed by atoms with van der Waals surface area (Å²) in [6.07, 6.45) is -4.87. The lowest BCUT2D eigenvalue weighted by Crippen LogP contribution is -2.33. The molecule has 9 nitrogen and oxygen atoms in total. The molecule has 146 valence electrons. The number of carbonyl (C=O) groups is 1. The highest BCUT2D eigenvalue weighted by atomic mass is 19.4. The van der Waals surface area contributed by atoms with Gasteiger partial charge in [0.1, 0.15) is 5.56 Å². The van der Waals surface area contributed by atoms with Gasteiger partial charge in [-0.1, -0.05) is 18.2 Å². The van der Waals surface area contributed by atoms with Crippen molar-refractivity contribution in [3.63, 3.8) is 0 Å². The van der Waals surface area contributed by atoms with Gasteiger partial charge in [0.05, 0.1) is 21.1 Å². The highest BCUT2D eigenvalue weighted by Crippen LogP contribution is 2.45. The molecule has 1 heterocycles. The molecule has 0 atom stereocenters. The average molecular weight is 396 g/mol. The van der Waals surface area contributed by atoms with Gasteiger partial charge in [-0.15, -0.1) is 0 Å². The lowest BCUT2D eigenvalue weighted by Gasteiger charge is -2.21. The molecule has 0 aromatic heterocycles. The van der Waals surface area contributed by atoms with Crippen molar-refractivity contribution in [1.82, 2.24) is 5.43 Å². The predicted octanol–water partition coefficient (Wildman–Crippen LogP) is 3.43. The number of nitro benzene ring substituents is 2. The molecular formula is C16H11F3N4O5. The van der Waals surface area contributed by atoms with Gasteiger partial charge in [0, 0.05) is 30.7 Å². The standard InChI is InChI=1S/C16H11F3N4O5/c17-16(18,19)9-7-12(22(25)26)15(13(8-9)23(27)28)10-3-1-2-4-11(10)21-6-5-14(24)20-21/h1-4,7-8H,5-6H2,(H,20,24). The van der Waals surface area contributed by atoms with E-state index in [-0.39, 0.29) is 42.3 Å². The molecule has 2 aromatic rings. The van der Waals surface area contributed by atoms with Crippen LogP contribution < -0.4 is 10.4 Å². The van der Waals surface area contributed by atoms with Gasteiger partial charge in [-0.3, -0.25) is 35.5 Å². The first kappa shape index (κ1) is 19.1. The van der Waals surface area contributed by atoms with Crippen molar-refractivity contribution in [3.8, 4) is 11.1 Å². The van der Waals surface area contributed by atoms with E-state index in [1.54, 1.807) is 0 Å². The van der Waals surface area contributed by atoms with E-state index >= 15 is 0 Å². The van der Waals surface area contributed by atoms with Crippen molar-refractivity contribution >= 4 is 23.0 Å². The van der Waals surface area contributed by atoms with Gasteiger partial charge in [-0.05, 0) is 6.07 Å². The van der Waals surface area contributed by atoms with Crippen LogP contribution in [-0.2, 0) is 11.0 Å². The first-order chi connectivity index (χ1) is 13.1. The molecule has 1 amide bonds. The molecule has 28 heavy (non-hydrogen) atoms. The molecule has 12 heteroatoms. The number of benzene rings is 2. The Morgan fingerprint density at radius 2 is 1.61 bits per heavy atom. The molecule has 1 saturated heterocycles. The number of para-hydroxylation sites is 1. The highest BCUT2D eigenvalue weighted by Gasteiger charge is 2.39. The summed E-state index contributed by atoms with van der Waals surface area (Å²) in [7, 11) is 0. The Kier molecular flexibility index (Phi) is 4.63. The summed E-state index contributed by atoms with van der Waals surface area (Å²) in [6.45, 7) is 0.193. The molecule has 1 N–H and O–H groups in total. The van der Waals surface area contributed by atoms with Crippen LogP contribution in [0.4, 0.5) is 30.2 Å². The molecule has 0 aliphatic carbocycles. The lowest BCUT2D eigenvalue weighted by atomic mass is 9.97. The third-order valence-electron chi connectivity index (χ3n) is 4.10. The molecule has 1 aliphatic heterocycles. The maximum Gasteiger partial charge on any atom is 0.416 e. The third kappa shape index (κ3) is 3.43. The van der Waals surface area contributed by atoms with Crippen LogP contribution in [-0.4, -0.2) is 22.3 Å². The minimum Gasteiger partial charge on any atom is -0.284 e. The van der Waals surface area contributed by atoms with Crippen LogP contribution >= 0.6 is 0 Å². The van der Waals surface area contributed by atoms with Crippen LogP contribution in [0.3, 0.4) is 0 Å². The molecule has 0 radical (unpaired) electrons. The Hall–Kier alpha value is -3.70. The van der Waals surface area contributed by atoms with Crippen LogP contribution in [0, 0.1) is 20.2 Å². The maximum atomic E-state index is 13.1. The summed E-state index contributed by atoms with van der Waals surface area (Å²) < 4.78 is 39.2.